The van der Waals surface area contributed by atoms with E-state index in [1.165, 1.54) is 70.4 Å². The van der Waals surface area contributed by atoms with Gasteiger partial charge in [0.25, 0.3) is 0 Å². The molecular weight excluding hydrogens is 537 g/mol. The summed E-state index contributed by atoms with van der Waals surface area (Å²) in [7, 11) is 0. The summed E-state index contributed by atoms with van der Waals surface area (Å²) in [6, 6.07) is 0. The Balaban J connectivity index is 1.17. The van der Waals surface area contributed by atoms with Gasteiger partial charge in [0.15, 0.2) is 0 Å². The van der Waals surface area contributed by atoms with Crippen molar-refractivity contribution < 1.29 is 0 Å². The van der Waals surface area contributed by atoms with Gasteiger partial charge in [0.1, 0.15) is 0 Å². The van der Waals surface area contributed by atoms with E-state index in [-0.39, 0.29) is 0 Å². The monoisotopic (exact) mass is 552 g/mol. The Labute approximate surface area is 209 Å². The van der Waals surface area contributed by atoms with Crippen molar-refractivity contribution >= 4 is 118 Å². The fourth-order valence-electron chi connectivity index (χ4n) is 2.50. The van der Waals surface area contributed by atoms with E-state index in [1.807, 2.05) is 118 Å². The summed E-state index contributed by atoms with van der Waals surface area (Å²) in [5, 5.41) is 2.31. The van der Waals surface area contributed by atoms with Crippen LogP contribution in [-0.4, -0.2) is 23.0 Å². The van der Waals surface area contributed by atoms with E-state index in [2.05, 4.69) is 23.6 Å². The van der Waals surface area contributed by atoms with E-state index in [1.54, 1.807) is 0 Å². The largest absolute Gasteiger partial charge is 0.117 e. The van der Waals surface area contributed by atoms with Crippen molar-refractivity contribution in [2.24, 2.45) is 0 Å². The molecule has 0 unspecified atom stereocenters. The molecule has 5 aliphatic rings. The molecule has 0 spiro atoms. The van der Waals surface area contributed by atoms with Crippen molar-refractivity contribution in [1.29, 1.82) is 0 Å². The van der Waals surface area contributed by atoms with Gasteiger partial charge in [-0.15, -0.1) is 47.0 Å². The molecule has 5 heterocycles. The third-order valence-electron chi connectivity index (χ3n) is 3.74. The summed E-state index contributed by atoms with van der Waals surface area (Å²) in [5.41, 5.74) is 0. The predicted molar refractivity (Wildman–Crippen MR) is 151 cm³/mol. The molecule has 5 aliphatic heterocycles. The molecule has 148 valence electrons. The highest BCUT2D eigenvalue weighted by Gasteiger charge is 2.25. The second-order valence-electron chi connectivity index (χ2n) is 5.83. The Morgan fingerprint density at radius 1 is 0.571 bits per heavy atom. The Morgan fingerprint density at radius 2 is 1.07 bits per heavy atom. The first-order chi connectivity index (χ1) is 13.8. The lowest BCUT2D eigenvalue weighted by Crippen LogP contribution is -1.78. The lowest BCUT2D eigenvalue weighted by Gasteiger charge is -2.00. The van der Waals surface area contributed by atoms with Gasteiger partial charge in [-0.2, -0.15) is 0 Å². The van der Waals surface area contributed by atoms with Gasteiger partial charge >= 0.3 is 0 Å². The van der Waals surface area contributed by atoms with Crippen molar-refractivity contribution in [3.8, 4) is 0 Å². The molecule has 0 bridgehead atoms. The van der Waals surface area contributed by atoms with Crippen LogP contribution in [0.1, 0.15) is 12.8 Å². The smallest absolute Gasteiger partial charge is 0.0659 e. The minimum Gasteiger partial charge on any atom is -0.117 e. The molecule has 0 saturated heterocycles. The quantitative estimate of drug-likeness (QED) is 0.323. The average Bonchev–Trinajstić information content (AvgIpc) is 3.32. The maximum atomic E-state index is 2.38. The molecular formula is C18H16S10. The first-order valence-electron chi connectivity index (χ1n) is 8.73. The van der Waals surface area contributed by atoms with E-state index in [0.29, 0.717) is 0 Å². The van der Waals surface area contributed by atoms with Gasteiger partial charge in [-0.3, -0.25) is 0 Å². The number of rotatable bonds is 2. The number of thioether (sulfide) groups is 10. The third-order valence-corrected chi connectivity index (χ3v) is 17.1. The Morgan fingerprint density at radius 3 is 1.64 bits per heavy atom. The number of allylic oxidation sites excluding steroid dienone is 3. The Bertz CT molecular complexity index is 804. The van der Waals surface area contributed by atoms with Gasteiger partial charge in [-0.1, -0.05) is 70.6 Å². The van der Waals surface area contributed by atoms with Crippen LogP contribution in [0.4, 0.5) is 0 Å². The summed E-state index contributed by atoms with van der Waals surface area (Å²) in [6.45, 7) is 0. The van der Waals surface area contributed by atoms with Crippen LogP contribution in [0.2, 0.25) is 0 Å². The first kappa shape index (κ1) is 21.8. The average molecular weight is 553 g/mol. The third kappa shape index (κ3) is 5.64. The summed E-state index contributed by atoms with van der Waals surface area (Å²) in [4.78, 5) is 1.38. The molecule has 0 saturated carbocycles. The fourth-order valence-corrected chi connectivity index (χ4v) is 16.4. The highest BCUT2D eigenvalue weighted by Crippen LogP contribution is 2.60. The Hall–Kier alpha value is 1.94. The van der Waals surface area contributed by atoms with Crippen LogP contribution in [0.15, 0.2) is 58.2 Å². The normalized spacial score (nSPS) is 27.0. The fraction of sp³-hybridized carbons (Fsp3) is 0.333. The standard InChI is InChI=1S/C18H16S10/c1-5-19-15-16(20-6-1)26-13(25-15)4-3-12-23-10-11(24-12)9-14-27-17-18(28-14)22-8-2-7-21-17/h3-4,9-10H,1-2,5-8H2/b12-3+. The van der Waals surface area contributed by atoms with Gasteiger partial charge in [0.2, 0.25) is 0 Å². The van der Waals surface area contributed by atoms with E-state index >= 15 is 0 Å². The molecule has 28 heavy (non-hydrogen) atoms. The topological polar surface area (TPSA) is 0 Å². The van der Waals surface area contributed by atoms with E-state index in [9.17, 15) is 0 Å². The first-order valence-corrected chi connectivity index (χ1v) is 17.6. The number of hydrogen-bond donors (Lipinski definition) is 0. The molecule has 0 aromatic heterocycles. The van der Waals surface area contributed by atoms with Gasteiger partial charge in [0, 0.05) is 9.14 Å². The second-order valence-corrected chi connectivity index (χ2v) is 18.3. The van der Waals surface area contributed by atoms with Gasteiger partial charge in [-0.05, 0) is 59.5 Å². The van der Waals surface area contributed by atoms with Crippen LogP contribution in [0.25, 0.3) is 0 Å². The van der Waals surface area contributed by atoms with Crippen LogP contribution >= 0.6 is 118 Å². The molecule has 0 atom stereocenters. The van der Waals surface area contributed by atoms with E-state index in [0.717, 1.165) is 0 Å². The molecule has 10 heteroatoms. The molecule has 0 radical (unpaired) electrons. The van der Waals surface area contributed by atoms with Crippen molar-refractivity contribution in [1.82, 2.24) is 0 Å². The molecule has 0 aromatic rings. The summed E-state index contributed by atoms with van der Waals surface area (Å²) < 4.78 is 10.4. The van der Waals surface area contributed by atoms with Crippen LogP contribution in [-0.2, 0) is 0 Å². The summed E-state index contributed by atoms with van der Waals surface area (Å²) in [6.07, 6.45) is 9.67. The van der Waals surface area contributed by atoms with Crippen LogP contribution < -0.4 is 0 Å². The zero-order chi connectivity index (χ0) is 18.8. The highest BCUT2D eigenvalue weighted by atomic mass is 32.3. The Kier molecular flexibility index (Phi) is 8.32. The molecule has 0 amide bonds. The molecule has 0 N–H and O–H groups in total. The van der Waals surface area contributed by atoms with Crippen LogP contribution in [0, 0.1) is 0 Å². The summed E-state index contributed by atoms with van der Waals surface area (Å²) >= 11 is 19.8. The molecule has 5 rings (SSSR count). The van der Waals surface area contributed by atoms with Crippen molar-refractivity contribution in [2.45, 2.75) is 12.8 Å². The molecule has 0 fully saturated rings. The zero-order valence-electron chi connectivity index (χ0n) is 14.6. The molecule has 0 aromatic carbocycles. The maximum absolute atomic E-state index is 2.38. The molecule has 0 aliphatic carbocycles. The van der Waals surface area contributed by atoms with Crippen molar-refractivity contribution in [3.05, 3.63) is 58.2 Å². The predicted octanol–water partition coefficient (Wildman–Crippen LogP) is 9.79. The zero-order valence-corrected chi connectivity index (χ0v) is 22.8. The van der Waals surface area contributed by atoms with E-state index < -0.39 is 0 Å². The lowest BCUT2D eigenvalue weighted by molar-refractivity contribution is 1.13. The maximum Gasteiger partial charge on any atom is 0.0659 e. The number of hydrogen-bond acceptors (Lipinski definition) is 10. The van der Waals surface area contributed by atoms with Crippen LogP contribution in [0.3, 0.4) is 0 Å². The highest BCUT2D eigenvalue weighted by molar-refractivity contribution is 8.41. The SMILES string of the molecule is C1=C(C=C2SC3=C(SCCCS3)S2)S/C(=C/C=C2SC3=C(SCCCS3)S2)S1. The minimum atomic E-state index is 1.27. The summed E-state index contributed by atoms with van der Waals surface area (Å²) in [5.74, 6) is 5.08. The van der Waals surface area contributed by atoms with Crippen molar-refractivity contribution in [2.75, 3.05) is 23.0 Å². The van der Waals surface area contributed by atoms with E-state index in [4.69, 9.17) is 0 Å². The van der Waals surface area contributed by atoms with Crippen LogP contribution in [0.5, 0.6) is 0 Å². The second kappa shape index (κ2) is 10.7. The molecule has 0 nitrogen and oxygen atoms in total. The van der Waals surface area contributed by atoms with Gasteiger partial charge in [0.05, 0.1) is 25.4 Å². The minimum absolute atomic E-state index is 1.27. The van der Waals surface area contributed by atoms with Gasteiger partial charge in [-0.25, -0.2) is 0 Å². The lowest BCUT2D eigenvalue weighted by atomic mass is 10.6. The van der Waals surface area contributed by atoms with Gasteiger partial charge < -0.3 is 0 Å². The van der Waals surface area contributed by atoms with Crippen molar-refractivity contribution in [3.63, 3.8) is 0 Å².